The van der Waals surface area contributed by atoms with Crippen LogP contribution in [0, 0.1) is 5.92 Å². The van der Waals surface area contributed by atoms with Gasteiger partial charge in [-0.05, 0) is 48.7 Å². The molecule has 7 nitrogen and oxygen atoms in total. The van der Waals surface area contributed by atoms with Gasteiger partial charge in [0, 0.05) is 10.6 Å². The monoisotopic (exact) mass is 460 g/mol. The van der Waals surface area contributed by atoms with E-state index in [-0.39, 0.29) is 18.2 Å². The number of amides is 2. The van der Waals surface area contributed by atoms with Crippen LogP contribution >= 0.6 is 11.6 Å². The minimum atomic E-state index is -0.822. The highest BCUT2D eigenvalue weighted by Gasteiger charge is 2.29. The Morgan fingerprint density at radius 2 is 1.66 bits per heavy atom. The maximum absolute atomic E-state index is 13.1. The zero-order valence-corrected chi connectivity index (χ0v) is 19.4. The third-order valence-electron chi connectivity index (χ3n) is 4.86. The maximum atomic E-state index is 13.1. The summed E-state index contributed by atoms with van der Waals surface area (Å²) in [6.45, 7) is 6.06. The summed E-state index contributed by atoms with van der Waals surface area (Å²) in [5.74, 6) is -0.841. The van der Waals surface area contributed by atoms with Crippen LogP contribution in [0.1, 0.15) is 49.2 Å². The molecule has 172 valence electrons. The normalized spacial score (nSPS) is 12.6. The molecule has 0 saturated carbocycles. The van der Waals surface area contributed by atoms with Crippen molar-refractivity contribution in [3.63, 3.8) is 0 Å². The average molecular weight is 461 g/mol. The predicted octanol–water partition coefficient (Wildman–Crippen LogP) is 3.91. The lowest BCUT2D eigenvalue weighted by Crippen LogP contribution is -2.50. The molecule has 0 heterocycles. The lowest BCUT2D eigenvalue weighted by atomic mass is 9.99. The number of hydrogen-bond donors (Lipinski definition) is 2. The summed E-state index contributed by atoms with van der Waals surface area (Å²) in [5.41, 5.74) is 0.998. The molecule has 0 spiro atoms. The molecule has 8 heteroatoms. The Bertz CT molecular complexity index is 930. The van der Waals surface area contributed by atoms with Crippen molar-refractivity contribution in [3.8, 4) is 5.75 Å². The molecule has 0 bridgehead atoms. The Morgan fingerprint density at radius 3 is 2.22 bits per heavy atom. The summed E-state index contributed by atoms with van der Waals surface area (Å²) in [4.78, 5) is 37.8. The summed E-state index contributed by atoms with van der Waals surface area (Å²) in [6, 6.07) is 12.1. The second-order valence-corrected chi connectivity index (χ2v) is 7.92. The molecule has 0 aliphatic rings. The minimum Gasteiger partial charge on any atom is -0.494 e. The lowest BCUT2D eigenvalue weighted by Gasteiger charge is -2.26. The first kappa shape index (κ1) is 25.2. The van der Waals surface area contributed by atoms with Crippen LogP contribution in [-0.4, -0.2) is 37.5 Å². The summed E-state index contributed by atoms with van der Waals surface area (Å²) in [6.07, 6.45) is -0.0936. The average Bonchev–Trinajstić information content (AvgIpc) is 2.77. The highest BCUT2D eigenvalue weighted by atomic mass is 35.5. The molecule has 32 heavy (non-hydrogen) atoms. The molecule has 2 aromatic carbocycles. The van der Waals surface area contributed by atoms with E-state index in [1.165, 1.54) is 7.11 Å². The van der Waals surface area contributed by atoms with Gasteiger partial charge in [0.15, 0.2) is 0 Å². The highest BCUT2D eigenvalue weighted by molar-refractivity contribution is 6.31. The molecule has 2 rings (SSSR count). The van der Waals surface area contributed by atoms with E-state index in [0.29, 0.717) is 28.5 Å². The number of carbonyl (C=O) groups is 3. The second-order valence-electron chi connectivity index (χ2n) is 7.52. The van der Waals surface area contributed by atoms with E-state index < -0.39 is 24.0 Å². The number of esters is 1. The van der Waals surface area contributed by atoms with E-state index in [4.69, 9.17) is 21.1 Å². The van der Waals surface area contributed by atoms with Crippen LogP contribution in [-0.2, 0) is 14.3 Å². The third-order valence-corrected chi connectivity index (χ3v) is 5.20. The summed E-state index contributed by atoms with van der Waals surface area (Å²) >= 11 is 6.29. The number of benzene rings is 2. The van der Waals surface area contributed by atoms with Crippen molar-refractivity contribution in [2.45, 2.75) is 39.3 Å². The molecular formula is C24H29ClN2O5. The van der Waals surface area contributed by atoms with Crippen molar-refractivity contribution in [1.29, 1.82) is 0 Å². The van der Waals surface area contributed by atoms with E-state index >= 15 is 0 Å². The van der Waals surface area contributed by atoms with Crippen LogP contribution in [0.2, 0.25) is 5.02 Å². The fraction of sp³-hybridized carbons (Fsp3) is 0.375. The summed E-state index contributed by atoms with van der Waals surface area (Å²) in [5, 5.41) is 6.04. The SMILES string of the molecule is CCOc1ccc(C(=O)NC(C(=O)NC(CC(=O)OC)c2ccccc2Cl)C(C)C)cc1. The second kappa shape index (κ2) is 12.1. The van der Waals surface area contributed by atoms with E-state index in [1.807, 2.05) is 20.8 Å². The van der Waals surface area contributed by atoms with E-state index in [1.54, 1.807) is 48.5 Å². The molecule has 2 unspecified atom stereocenters. The number of halogens is 1. The Hall–Kier alpha value is -3.06. The van der Waals surface area contributed by atoms with Crippen molar-refractivity contribution < 1.29 is 23.9 Å². The lowest BCUT2D eigenvalue weighted by molar-refractivity contribution is -0.141. The fourth-order valence-corrected chi connectivity index (χ4v) is 3.40. The first-order valence-electron chi connectivity index (χ1n) is 10.4. The van der Waals surface area contributed by atoms with Gasteiger partial charge in [0.05, 0.1) is 26.2 Å². The quantitative estimate of drug-likeness (QED) is 0.524. The molecule has 0 saturated heterocycles. The molecule has 0 aliphatic carbocycles. The van der Waals surface area contributed by atoms with Crippen LogP contribution in [0.4, 0.5) is 0 Å². The van der Waals surface area contributed by atoms with Crippen molar-refractivity contribution >= 4 is 29.4 Å². The van der Waals surface area contributed by atoms with Gasteiger partial charge in [-0.1, -0.05) is 43.6 Å². The molecule has 2 atom stereocenters. The summed E-state index contributed by atoms with van der Waals surface area (Å²) < 4.78 is 10.2. The molecule has 2 aromatic rings. The van der Waals surface area contributed by atoms with Gasteiger partial charge < -0.3 is 20.1 Å². The van der Waals surface area contributed by atoms with Crippen molar-refractivity contribution in [2.75, 3.05) is 13.7 Å². The van der Waals surface area contributed by atoms with Crippen molar-refractivity contribution in [3.05, 3.63) is 64.7 Å². The van der Waals surface area contributed by atoms with Crippen LogP contribution in [0.25, 0.3) is 0 Å². The number of hydrogen-bond acceptors (Lipinski definition) is 5. The Balaban J connectivity index is 2.18. The van der Waals surface area contributed by atoms with Crippen LogP contribution in [0.3, 0.4) is 0 Å². The number of ether oxygens (including phenoxy) is 2. The number of rotatable bonds is 10. The van der Waals surface area contributed by atoms with Crippen LogP contribution in [0.15, 0.2) is 48.5 Å². The molecule has 0 aromatic heterocycles. The maximum Gasteiger partial charge on any atom is 0.307 e. The van der Waals surface area contributed by atoms with E-state index in [9.17, 15) is 14.4 Å². The smallest absolute Gasteiger partial charge is 0.307 e. The standard InChI is InChI=1S/C24H29ClN2O5/c1-5-32-17-12-10-16(11-13-17)23(29)27-22(15(2)3)24(30)26-20(14-21(28)31-4)18-8-6-7-9-19(18)25/h6-13,15,20,22H,5,14H2,1-4H3,(H,26,30)(H,27,29). The Kier molecular flexibility index (Phi) is 9.53. The van der Waals surface area contributed by atoms with E-state index in [2.05, 4.69) is 10.6 Å². The van der Waals surface area contributed by atoms with Crippen LogP contribution in [0.5, 0.6) is 5.75 Å². The molecule has 0 radical (unpaired) electrons. The topological polar surface area (TPSA) is 93.7 Å². The number of methoxy groups -OCH3 is 1. The van der Waals surface area contributed by atoms with Gasteiger partial charge in [-0.15, -0.1) is 0 Å². The fourth-order valence-electron chi connectivity index (χ4n) is 3.14. The van der Waals surface area contributed by atoms with Gasteiger partial charge in [-0.25, -0.2) is 0 Å². The number of nitrogens with one attached hydrogen (secondary N) is 2. The van der Waals surface area contributed by atoms with Crippen molar-refractivity contribution in [1.82, 2.24) is 10.6 Å². The third kappa shape index (κ3) is 6.99. The van der Waals surface area contributed by atoms with Gasteiger partial charge in [0.2, 0.25) is 5.91 Å². The molecule has 0 fully saturated rings. The Labute approximate surface area is 193 Å². The largest absolute Gasteiger partial charge is 0.494 e. The molecule has 2 N–H and O–H groups in total. The van der Waals surface area contributed by atoms with Gasteiger partial charge in [0.1, 0.15) is 11.8 Å². The molecular weight excluding hydrogens is 432 g/mol. The molecule has 2 amide bonds. The van der Waals surface area contributed by atoms with Crippen LogP contribution < -0.4 is 15.4 Å². The highest BCUT2D eigenvalue weighted by Crippen LogP contribution is 2.26. The van der Waals surface area contributed by atoms with Gasteiger partial charge in [-0.3, -0.25) is 14.4 Å². The molecule has 0 aliphatic heterocycles. The Morgan fingerprint density at radius 1 is 1.00 bits per heavy atom. The zero-order valence-electron chi connectivity index (χ0n) is 18.7. The van der Waals surface area contributed by atoms with Gasteiger partial charge in [-0.2, -0.15) is 0 Å². The first-order valence-corrected chi connectivity index (χ1v) is 10.8. The van der Waals surface area contributed by atoms with Crippen molar-refractivity contribution in [2.24, 2.45) is 5.92 Å². The van der Waals surface area contributed by atoms with Gasteiger partial charge in [0.25, 0.3) is 5.91 Å². The predicted molar refractivity (Wildman–Crippen MR) is 123 cm³/mol. The van der Waals surface area contributed by atoms with E-state index in [0.717, 1.165) is 0 Å². The number of carbonyl (C=O) groups excluding carboxylic acids is 3. The zero-order chi connectivity index (χ0) is 23.7. The summed E-state index contributed by atoms with van der Waals surface area (Å²) in [7, 11) is 1.28. The van der Waals surface area contributed by atoms with Gasteiger partial charge >= 0.3 is 5.97 Å². The first-order chi connectivity index (χ1) is 15.3. The minimum absolute atomic E-state index is 0.0936.